The minimum absolute atomic E-state index is 0.0239. The summed E-state index contributed by atoms with van der Waals surface area (Å²) in [7, 11) is 0. The number of benzene rings is 1. The molecular weight excluding hydrogens is 348 g/mol. The molecule has 0 spiro atoms. The van der Waals surface area contributed by atoms with E-state index in [4.69, 9.17) is 11.6 Å². The van der Waals surface area contributed by atoms with Crippen molar-refractivity contribution in [2.45, 2.75) is 58.9 Å². The predicted molar refractivity (Wildman–Crippen MR) is 106 cm³/mol. The highest BCUT2D eigenvalue weighted by molar-refractivity contribution is 6.30. The Bertz CT molecular complexity index is 601. The summed E-state index contributed by atoms with van der Waals surface area (Å²) in [5.74, 6) is 0.635. The summed E-state index contributed by atoms with van der Waals surface area (Å²) in [6, 6.07) is 7.11. The van der Waals surface area contributed by atoms with Gasteiger partial charge in [0.1, 0.15) is 0 Å². The number of hydrogen-bond acceptors (Lipinski definition) is 2. The van der Waals surface area contributed by atoms with Crippen LogP contribution in [0.25, 0.3) is 0 Å². The molecule has 1 aliphatic heterocycles. The monoisotopic (exact) mass is 378 g/mol. The molecule has 0 bridgehead atoms. The summed E-state index contributed by atoms with van der Waals surface area (Å²) in [5.41, 5.74) is 0.623. The standard InChI is InChI=1S/C21H31ClN2O2/c1-15(2)6-4-7-16(3)23-20(25)18-8-5-13-24(14-18)21(26)17-9-11-19(22)12-10-17/h9-12,15-16,18H,4-8,13-14H2,1-3H3,(H,23,25). The second-order valence-corrected chi connectivity index (χ2v) is 8.27. The first kappa shape index (κ1) is 20.8. The van der Waals surface area contributed by atoms with Crippen molar-refractivity contribution in [3.63, 3.8) is 0 Å². The summed E-state index contributed by atoms with van der Waals surface area (Å²) in [6.07, 6.45) is 5.02. The Hall–Kier alpha value is -1.55. The largest absolute Gasteiger partial charge is 0.353 e. The van der Waals surface area contributed by atoms with Gasteiger partial charge in [0.05, 0.1) is 5.92 Å². The van der Waals surface area contributed by atoms with E-state index in [1.54, 1.807) is 29.2 Å². The Labute approximate surface area is 162 Å². The number of halogens is 1. The minimum Gasteiger partial charge on any atom is -0.353 e. The Morgan fingerprint density at radius 1 is 1.19 bits per heavy atom. The van der Waals surface area contributed by atoms with E-state index < -0.39 is 0 Å². The summed E-state index contributed by atoms with van der Waals surface area (Å²) in [6.45, 7) is 7.70. The molecule has 0 radical (unpaired) electrons. The Balaban J connectivity index is 1.85. The highest BCUT2D eigenvalue weighted by Crippen LogP contribution is 2.20. The lowest BCUT2D eigenvalue weighted by atomic mass is 9.95. The average Bonchev–Trinajstić information content (AvgIpc) is 2.61. The molecule has 2 rings (SSSR count). The van der Waals surface area contributed by atoms with Gasteiger partial charge < -0.3 is 10.2 Å². The molecule has 5 heteroatoms. The van der Waals surface area contributed by atoms with E-state index in [1.807, 2.05) is 0 Å². The van der Waals surface area contributed by atoms with Crippen LogP contribution in [-0.2, 0) is 4.79 Å². The van der Waals surface area contributed by atoms with Crippen LogP contribution in [0.5, 0.6) is 0 Å². The molecule has 2 amide bonds. The van der Waals surface area contributed by atoms with E-state index in [2.05, 4.69) is 26.1 Å². The van der Waals surface area contributed by atoms with Gasteiger partial charge in [-0.15, -0.1) is 0 Å². The van der Waals surface area contributed by atoms with Crippen LogP contribution >= 0.6 is 11.6 Å². The van der Waals surface area contributed by atoms with Crippen LogP contribution in [0.4, 0.5) is 0 Å². The molecule has 2 atom stereocenters. The smallest absolute Gasteiger partial charge is 0.253 e. The SMILES string of the molecule is CC(C)CCCC(C)NC(=O)C1CCCN(C(=O)c2ccc(Cl)cc2)C1. The average molecular weight is 379 g/mol. The van der Waals surface area contributed by atoms with Gasteiger partial charge in [0.25, 0.3) is 5.91 Å². The third-order valence-corrected chi connectivity index (χ3v) is 5.23. The molecule has 1 N–H and O–H groups in total. The first-order chi connectivity index (χ1) is 12.4. The van der Waals surface area contributed by atoms with Gasteiger partial charge in [-0.3, -0.25) is 9.59 Å². The van der Waals surface area contributed by atoms with Crippen LogP contribution in [0.2, 0.25) is 5.02 Å². The van der Waals surface area contributed by atoms with Crippen LogP contribution in [0.1, 0.15) is 63.2 Å². The molecular formula is C21H31ClN2O2. The third kappa shape index (κ3) is 6.31. The molecule has 0 aliphatic carbocycles. The van der Waals surface area contributed by atoms with E-state index in [1.165, 1.54) is 6.42 Å². The number of piperidine rings is 1. The topological polar surface area (TPSA) is 49.4 Å². The fourth-order valence-electron chi connectivity index (χ4n) is 3.42. The molecule has 0 aromatic heterocycles. The Kier molecular flexibility index (Phi) is 7.95. The van der Waals surface area contributed by atoms with Gasteiger partial charge in [0, 0.05) is 29.7 Å². The van der Waals surface area contributed by atoms with E-state index in [0.717, 1.165) is 25.7 Å². The van der Waals surface area contributed by atoms with Crippen molar-refractivity contribution in [3.8, 4) is 0 Å². The molecule has 1 aliphatic rings. The molecule has 2 unspecified atom stereocenters. The van der Waals surface area contributed by atoms with Crippen LogP contribution in [-0.4, -0.2) is 35.8 Å². The van der Waals surface area contributed by atoms with Crippen molar-refractivity contribution in [2.24, 2.45) is 11.8 Å². The van der Waals surface area contributed by atoms with Gasteiger partial charge in [-0.25, -0.2) is 0 Å². The molecule has 1 aromatic rings. The van der Waals surface area contributed by atoms with Crippen LogP contribution in [0.15, 0.2) is 24.3 Å². The van der Waals surface area contributed by atoms with E-state index in [9.17, 15) is 9.59 Å². The number of carbonyl (C=O) groups is 2. The lowest BCUT2D eigenvalue weighted by molar-refractivity contribution is -0.127. The lowest BCUT2D eigenvalue weighted by Gasteiger charge is -2.32. The van der Waals surface area contributed by atoms with E-state index in [-0.39, 0.29) is 23.8 Å². The van der Waals surface area contributed by atoms with Gasteiger partial charge in [-0.05, 0) is 56.4 Å². The Morgan fingerprint density at radius 2 is 1.88 bits per heavy atom. The third-order valence-electron chi connectivity index (χ3n) is 4.98. The lowest BCUT2D eigenvalue weighted by Crippen LogP contribution is -2.47. The van der Waals surface area contributed by atoms with Gasteiger partial charge in [0.2, 0.25) is 5.91 Å². The molecule has 4 nitrogen and oxygen atoms in total. The highest BCUT2D eigenvalue weighted by atomic mass is 35.5. The first-order valence-corrected chi connectivity index (χ1v) is 10.1. The van der Waals surface area contributed by atoms with Gasteiger partial charge >= 0.3 is 0 Å². The number of hydrogen-bond donors (Lipinski definition) is 1. The number of nitrogens with zero attached hydrogens (tertiary/aromatic N) is 1. The fraction of sp³-hybridized carbons (Fsp3) is 0.619. The van der Waals surface area contributed by atoms with Crippen LogP contribution in [0, 0.1) is 11.8 Å². The second-order valence-electron chi connectivity index (χ2n) is 7.83. The maximum absolute atomic E-state index is 12.7. The van der Waals surface area contributed by atoms with Crippen molar-refractivity contribution in [1.29, 1.82) is 0 Å². The zero-order valence-corrected chi connectivity index (χ0v) is 16.9. The quantitative estimate of drug-likeness (QED) is 0.758. The number of amides is 2. The van der Waals surface area contributed by atoms with Crippen molar-refractivity contribution in [3.05, 3.63) is 34.9 Å². The Morgan fingerprint density at radius 3 is 2.54 bits per heavy atom. The van der Waals surface area contributed by atoms with Gasteiger partial charge in [-0.2, -0.15) is 0 Å². The van der Waals surface area contributed by atoms with Gasteiger partial charge in [-0.1, -0.05) is 38.3 Å². The maximum Gasteiger partial charge on any atom is 0.253 e. The summed E-state index contributed by atoms with van der Waals surface area (Å²) in [4.78, 5) is 27.0. The molecule has 0 saturated carbocycles. The zero-order valence-electron chi connectivity index (χ0n) is 16.1. The molecule has 26 heavy (non-hydrogen) atoms. The first-order valence-electron chi connectivity index (χ1n) is 9.72. The summed E-state index contributed by atoms with van der Waals surface area (Å²) < 4.78 is 0. The molecule has 1 fully saturated rings. The van der Waals surface area contributed by atoms with Gasteiger partial charge in [0.15, 0.2) is 0 Å². The molecule has 1 saturated heterocycles. The zero-order chi connectivity index (χ0) is 19.1. The van der Waals surface area contributed by atoms with E-state index >= 15 is 0 Å². The molecule has 1 aromatic carbocycles. The predicted octanol–water partition coefficient (Wildman–Crippen LogP) is 4.52. The number of carbonyl (C=O) groups excluding carboxylic acids is 2. The summed E-state index contributed by atoms with van der Waals surface area (Å²) >= 11 is 5.89. The normalized spacial score (nSPS) is 18.7. The number of likely N-dealkylation sites (tertiary alicyclic amines) is 1. The van der Waals surface area contributed by atoms with E-state index in [0.29, 0.717) is 29.6 Å². The van der Waals surface area contributed by atoms with Crippen molar-refractivity contribution >= 4 is 23.4 Å². The van der Waals surface area contributed by atoms with Crippen LogP contribution in [0.3, 0.4) is 0 Å². The number of nitrogens with one attached hydrogen (secondary N) is 1. The van der Waals surface area contributed by atoms with Crippen molar-refractivity contribution < 1.29 is 9.59 Å². The second kappa shape index (κ2) is 9.96. The molecule has 144 valence electrons. The van der Waals surface area contributed by atoms with Crippen LogP contribution < -0.4 is 5.32 Å². The summed E-state index contributed by atoms with van der Waals surface area (Å²) in [5, 5.41) is 3.75. The van der Waals surface area contributed by atoms with Crippen molar-refractivity contribution in [2.75, 3.05) is 13.1 Å². The highest BCUT2D eigenvalue weighted by Gasteiger charge is 2.29. The molecule has 1 heterocycles. The van der Waals surface area contributed by atoms with Crippen molar-refractivity contribution in [1.82, 2.24) is 10.2 Å². The number of rotatable bonds is 7. The minimum atomic E-state index is -0.118. The maximum atomic E-state index is 12.7. The fourth-order valence-corrected chi connectivity index (χ4v) is 3.54.